The van der Waals surface area contributed by atoms with Gasteiger partial charge < -0.3 is 5.32 Å². The van der Waals surface area contributed by atoms with Crippen LogP contribution in [0.3, 0.4) is 0 Å². The Balaban J connectivity index is 2.13. The van der Waals surface area contributed by atoms with Crippen LogP contribution in [-0.4, -0.2) is 15.0 Å². The van der Waals surface area contributed by atoms with Crippen LogP contribution in [0.4, 0.5) is 5.69 Å². The molecule has 21 heavy (non-hydrogen) atoms. The number of nitrogens with one attached hydrogen (secondary N) is 2. The highest BCUT2D eigenvalue weighted by Crippen LogP contribution is 2.17. The van der Waals surface area contributed by atoms with E-state index in [1.54, 1.807) is 24.3 Å². The van der Waals surface area contributed by atoms with Gasteiger partial charge in [0, 0.05) is 15.8 Å². The van der Waals surface area contributed by atoms with Gasteiger partial charge >= 0.3 is 0 Å². The molecule has 0 atom stereocenters. The molecule has 2 N–H and O–H groups in total. The maximum absolute atomic E-state index is 12.3. The molecule has 4 nitrogen and oxygen atoms in total. The van der Waals surface area contributed by atoms with Crippen molar-refractivity contribution < 1.29 is 8.42 Å². The molecule has 0 aliphatic carbocycles. The van der Waals surface area contributed by atoms with Gasteiger partial charge in [-0.05, 0) is 71.1 Å². The standard InChI is InChI=1S/C15H17IN2O2S/c1-2-17-11-12-3-9-15(10-4-12)21(19,20)18-14-7-5-13(16)6-8-14/h3-10,17-18H,2,11H2,1H3. The molecule has 0 heterocycles. The van der Waals surface area contributed by atoms with E-state index in [9.17, 15) is 8.42 Å². The van der Waals surface area contributed by atoms with Crippen molar-refractivity contribution in [3.05, 3.63) is 57.7 Å². The van der Waals surface area contributed by atoms with Crippen molar-refractivity contribution in [1.29, 1.82) is 0 Å². The molecule has 0 bridgehead atoms. The number of rotatable bonds is 6. The Bertz CT molecular complexity index is 683. The van der Waals surface area contributed by atoms with Gasteiger partial charge in [-0.1, -0.05) is 19.1 Å². The molecule has 0 saturated carbocycles. The average Bonchev–Trinajstić information content (AvgIpc) is 2.48. The molecule has 0 radical (unpaired) electrons. The minimum Gasteiger partial charge on any atom is -0.313 e. The summed E-state index contributed by atoms with van der Waals surface area (Å²) in [6.07, 6.45) is 0. The lowest BCUT2D eigenvalue weighted by atomic mass is 10.2. The first-order chi connectivity index (χ1) is 10.0. The van der Waals surface area contributed by atoms with Crippen molar-refractivity contribution in [2.24, 2.45) is 0 Å². The first-order valence-corrected chi connectivity index (χ1v) is 9.15. The molecular weight excluding hydrogens is 399 g/mol. The fourth-order valence-corrected chi connectivity index (χ4v) is 3.21. The minimum atomic E-state index is -3.54. The van der Waals surface area contributed by atoms with E-state index < -0.39 is 10.0 Å². The maximum Gasteiger partial charge on any atom is 0.261 e. The Morgan fingerprint density at radius 3 is 2.19 bits per heavy atom. The number of hydrogen-bond acceptors (Lipinski definition) is 3. The van der Waals surface area contributed by atoms with Gasteiger partial charge in [0.25, 0.3) is 10.0 Å². The summed E-state index contributed by atoms with van der Waals surface area (Å²) < 4.78 is 28.2. The molecule has 0 unspecified atom stereocenters. The topological polar surface area (TPSA) is 58.2 Å². The summed E-state index contributed by atoms with van der Waals surface area (Å²) in [6, 6.07) is 14.1. The van der Waals surface area contributed by atoms with Crippen molar-refractivity contribution in [1.82, 2.24) is 5.32 Å². The predicted molar refractivity (Wildman–Crippen MR) is 93.8 cm³/mol. The van der Waals surface area contributed by atoms with Crippen LogP contribution in [0.5, 0.6) is 0 Å². The Morgan fingerprint density at radius 1 is 1.00 bits per heavy atom. The summed E-state index contributed by atoms with van der Waals surface area (Å²) in [7, 11) is -3.54. The van der Waals surface area contributed by atoms with Crippen LogP contribution in [-0.2, 0) is 16.6 Å². The van der Waals surface area contributed by atoms with Crippen molar-refractivity contribution in [3.63, 3.8) is 0 Å². The number of benzene rings is 2. The molecule has 0 aliphatic rings. The lowest BCUT2D eigenvalue weighted by molar-refractivity contribution is 0.601. The van der Waals surface area contributed by atoms with Gasteiger partial charge in [-0.15, -0.1) is 0 Å². The van der Waals surface area contributed by atoms with Gasteiger partial charge in [0.1, 0.15) is 0 Å². The van der Waals surface area contributed by atoms with E-state index in [0.29, 0.717) is 5.69 Å². The lowest BCUT2D eigenvalue weighted by Gasteiger charge is -2.09. The van der Waals surface area contributed by atoms with E-state index in [4.69, 9.17) is 0 Å². The molecule has 0 aliphatic heterocycles. The van der Waals surface area contributed by atoms with E-state index >= 15 is 0 Å². The third kappa shape index (κ3) is 4.69. The van der Waals surface area contributed by atoms with Gasteiger partial charge in [0.05, 0.1) is 4.90 Å². The third-order valence-electron chi connectivity index (χ3n) is 2.91. The highest BCUT2D eigenvalue weighted by molar-refractivity contribution is 14.1. The summed E-state index contributed by atoms with van der Waals surface area (Å²) in [6.45, 7) is 3.65. The van der Waals surface area contributed by atoms with Crippen molar-refractivity contribution in [2.45, 2.75) is 18.4 Å². The zero-order valence-corrected chi connectivity index (χ0v) is 14.6. The summed E-state index contributed by atoms with van der Waals surface area (Å²) in [5.41, 5.74) is 1.62. The molecule has 2 rings (SSSR count). The molecular formula is C15H17IN2O2S. The normalized spacial score (nSPS) is 11.3. The predicted octanol–water partition coefficient (Wildman–Crippen LogP) is 3.20. The Labute approximate surface area is 139 Å². The molecule has 0 amide bonds. The lowest BCUT2D eigenvalue weighted by Crippen LogP contribution is -2.14. The highest BCUT2D eigenvalue weighted by Gasteiger charge is 2.13. The van der Waals surface area contributed by atoms with Crippen LogP contribution in [0.15, 0.2) is 53.4 Å². The van der Waals surface area contributed by atoms with E-state index in [-0.39, 0.29) is 4.90 Å². The third-order valence-corrected chi connectivity index (χ3v) is 5.03. The smallest absolute Gasteiger partial charge is 0.261 e. The Kier molecular flexibility index (Phi) is 5.60. The van der Waals surface area contributed by atoms with Crippen molar-refractivity contribution in [3.8, 4) is 0 Å². The van der Waals surface area contributed by atoms with Crippen molar-refractivity contribution in [2.75, 3.05) is 11.3 Å². The summed E-state index contributed by atoms with van der Waals surface area (Å²) in [5, 5.41) is 3.20. The number of hydrogen-bond donors (Lipinski definition) is 2. The SMILES string of the molecule is CCNCc1ccc(S(=O)(=O)Nc2ccc(I)cc2)cc1. The van der Waals surface area contributed by atoms with Gasteiger partial charge in [-0.3, -0.25) is 4.72 Å². The zero-order valence-electron chi connectivity index (χ0n) is 11.6. The Morgan fingerprint density at radius 2 is 1.62 bits per heavy atom. The highest BCUT2D eigenvalue weighted by atomic mass is 127. The first kappa shape index (κ1) is 16.3. The molecule has 2 aromatic rings. The number of anilines is 1. The summed E-state index contributed by atoms with van der Waals surface area (Å²) >= 11 is 2.18. The van der Waals surface area contributed by atoms with Crippen LogP contribution < -0.4 is 10.0 Å². The van der Waals surface area contributed by atoms with Gasteiger partial charge in [0.2, 0.25) is 0 Å². The fraction of sp³-hybridized carbons (Fsp3) is 0.200. The second-order valence-electron chi connectivity index (χ2n) is 4.54. The molecule has 2 aromatic carbocycles. The zero-order chi connectivity index (χ0) is 15.3. The second-order valence-corrected chi connectivity index (χ2v) is 7.46. The average molecular weight is 416 g/mol. The van der Waals surface area contributed by atoms with E-state index in [0.717, 1.165) is 22.2 Å². The molecule has 112 valence electrons. The summed E-state index contributed by atoms with van der Waals surface area (Å²) in [5.74, 6) is 0. The maximum atomic E-state index is 12.3. The molecule has 0 fully saturated rings. The largest absolute Gasteiger partial charge is 0.313 e. The molecule has 0 spiro atoms. The van der Waals surface area contributed by atoms with Crippen LogP contribution in [0, 0.1) is 3.57 Å². The fourth-order valence-electron chi connectivity index (χ4n) is 1.79. The molecule has 0 saturated heterocycles. The summed E-state index contributed by atoms with van der Waals surface area (Å²) in [4.78, 5) is 0.265. The minimum absolute atomic E-state index is 0.265. The van der Waals surface area contributed by atoms with Gasteiger partial charge in [0.15, 0.2) is 0 Å². The van der Waals surface area contributed by atoms with Crippen LogP contribution in [0.25, 0.3) is 0 Å². The molecule has 0 aromatic heterocycles. The first-order valence-electron chi connectivity index (χ1n) is 6.59. The van der Waals surface area contributed by atoms with Gasteiger partial charge in [-0.25, -0.2) is 8.42 Å². The van der Waals surface area contributed by atoms with E-state index in [2.05, 4.69) is 32.6 Å². The van der Waals surface area contributed by atoms with Crippen LogP contribution in [0.2, 0.25) is 0 Å². The van der Waals surface area contributed by atoms with Crippen molar-refractivity contribution >= 4 is 38.3 Å². The molecule has 6 heteroatoms. The van der Waals surface area contributed by atoms with Crippen LogP contribution in [0.1, 0.15) is 12.5 Å². The quantitative estimate of drug-likeness (QED) is 0.712. The monoisotopic (exact) mass is 416 g/mol. The van der Waals surface area contributed by atoms with Gasteiger partial charge in [-0.2, -0.15) is 0 Å². The van der Waals surface area contributed by atoms with E-state index in [1.807, 2.05) is 31.2 Å². The number of sulfonamides is 1. The second kappa shape index (κ2) is 7.24. The van der Waals surface area contributed by atoms with E-state index in [1.165, 1.54) is 0 Å². The van der Waals surface area contributed by atoms with Crippen LogP contribution >= 0.6 is 22.6 Å². The Hall–Kier alpha value is -1.12. The number of halogens is 1.